The molecular weight excluding hydrogens is 833 g/mol. The summed E-state index contributed by atoms with van der Waals surface area (Å²) in [6.07, 6.45) is 6.21. The third-order valence-corrected chi connectivity index (χ3v) is 15.1. The van der Waals surface area contributed by atoms with Crippen LogP contribution in [-0.4, -0.2) is 44.7 Å². The van der Waals surface area contributed by atoms with Gasteiger partial charge in [-0.25, -0.2) is 0 Å². The van der Waals surface area contributed by atoms with Gasteiger partial charge in [-0.1, -0.05) is 141 Å². The van der Waals surface area contributed by atoms with E-state index in [4.69, 9.17) is 0 Å². The summed E-state index contributed by atoms with van der Waals surface area (Å²) in [6, 6.07) is 63.4. The fraction of sp³-hybridized carbons (Fsp3) is 0.194. The topological polar surface area (TPSA) is 59.3 Å². The predicted molar refractivity (Wildman–Crippen MR) is 278 cm³/mol. The Morgan fingerprint density at radius 3 is 1.37 bits per heavy atom. The summed E-state index contributed by atoms with van der Waals surface area (Å²) in [4.78, 5) is 30.9. The van der Waals surface area contributed by atoms with Crippen LogP contribution in [0.1, 0.15) is 98.3 Å². The lowest BCUT2D eigenvalue weighted by atomic mass is 9.85. The van der Waals surface area contributed by atoms with E-state index in [-0.39, 0.29) is 23.7 Å². The van der Waals surface area contributed by atoms with Crippen LogP contribution in [0.3, 0.4) is 0 Å². The summed E-state index contributed by atoms with van der Waals surface area (Å²) in [5.41, 5.74) is 14.2. The van der Waals surface area contributed by atoms with Crippen molar-refractivity contribution in [2.45, 2.75) is 64.1 Å². The molecule has 8 aromatic carbocycles. The molecule has 2 aromatic heterocycles. The maximum Gasteiger partial charge on any atom is 0.193 e. The quantitative estimate of drug-likeness (QED) is 0.147. The number of hydrogen-bond donors (Lipinski definition) is 1. The van der Waals surface area contributed by atoms with E-state index >= 15 is 0 Å². The second-order valence-corrected chi connectivity index (χ2v) is 19.0. The van der Waals surface area contributed by atoms with Gasteiger partial charge in [-0.15, -0.1) is 0 Å². The van der Waals surface area contributed by atoms with Crippen LogP contribution in [0.15, 0.2) is 182 Å². The van der Waals surface area contributed by atoms with E-state index in [1.165, 1.54) is 81.4 Å². The first kappa shape index (κ1) is 42.0. The van der Waals surface area contributed by atoms with Gasteiger partial charge in [0.25, 0.3) is 0 Å². The first-order valence-electron chi connectivity index (χ1n) is 24.4. The number of nitrogens with one attached hydrogen (secondary N) is 1. The molecule has 1 aliphatic heterocycles. The number of hydrogen-bond acceptors (Lipinski definition) is 4. The molecule has 6 nitrogen and oxygen atoms in total. The van der Waals surface area contributed by atoms with E-state index in [1.54, 1.807) is 0 Å². The van der Waals surface area contributed by atoms with Gasteiger partial charge in [0.2, 0.25) is 0 Å². The van der Waals surface area contributed by atoms with Gasteiger partial charge in [-0.3, -0.25) is 14.5 Å². The maximum absolute atomic E-state index is 14.1. The van der Waals surface area contributed by atoms with Crippen LogP contribution >= 0.6 is 0 Å². The van der Waals surface area contributed by atoms with E-state index in [1.807, 2.05) is 48.5 Å². The molecule has 1 aliphatic carbocycles. The molecule has 2 aliphatic rings. The van der Waals surface area contributed by atoms with Crippen molar-refractivity contribution in [2.75, 3.05) is 13.1 Å². The second kappa shape index (κ2) is 17.4. The molecule has 68 heavy (non-hydrogen) atoms. The van der Waals surface area contributed by atoms with Crippen molar-refractivity contribution in [2.24, 2.45) is 0 Å². The zero-order chi connectivity index (χ0) is 45.9. The number of aromatic nitrogens is 2. The van der Waals surface area contributed by atoms with Gasteiger partial charge < -0.3 is 14.5 Å². The highest BCUT2D eigenvalue weighted by molar-refractivity contribution is 6.12. The zero-order valence-corrected chi connectivity index (χ0v) is 38.7. The Morgan fingerprint density at radius 2 is 0.882 bits per heavy atom. The van der Waals surface area contributed by atoms with Crippen LogP contribution in [-0.2, 0) is 0 Å². The first-order chi connectivity index (χ1) is 33.4. The fourth-order valence-electron chi connectivity index (χ4n) is 11.7. The zero-order valence-electron chi connectivity index (χ0n) is 38.7. The Morgan fingerprint density at radius 1 is 0.456 bits per heavy atom. The highest BCUT2D eigenvalue weighted by atomic mass is 16.1. The minimum absolute atomic E-state index is 0.00944. The average Bonchev–Trinajstić information content (AvgIpc) is 3.93. The molecule has 334 valence electrons. The van der Waals surface area contributed by atoms with Crippen molar-refractivity contribution in [3.8, 4) is 11.4 Å². The van der Waals surface area contributed by atoms with Crippen LogP contribution in [0.25, 0.3) is 55.0 Å². The van der Waals surface area contributed by atoms with Crippen LogP contribution in [0, 0.1) is 13.8 Å². The number of ketones is 2. The second-order valence-electron chi connectivity index (χ2n) is 19.0. The number of fused-ring (bicyclic) bond motifs is 6. The number of carbonyl (C=O) groups excluding carboxylic acids is 2. The molecule has 0 amide bonds. The lowest BCUT2D eigenvalue weighted by molar-refractivity contribution is 0.0530. The minimum Gasteiger partial charge on any atom is -0.309 e. The molecule has 10 aromatic rings. The third-order valence-electron chi connectivity index (χ3n) is 15.1. The molecule has 2 fully saturated rings. The molecule has 0 spiro atoms. The minimum atomic E-state index is 0.00944. The molecule has 0 bridgehead atoms. The Bertz CT molecular complexity index is 3520. The predicted octanol–water partition coefficient (Wildman–Crippen LogP) is 14.0. The standard InChI is InChI=1S/C62H54N4O2/c1-40-12-10-18-53-51-16-6-8-20-55(51)65(58(40)53)49-34-30-46(31-35-49)61(67)44-26-22-42(23-27-44)57-60(64(39-38-63-57)48-14-4-3-5-15-48)43-24-28-45(29-25-43)62(68)47-32-36-50(37-33-47)66-56-21-9-7-17-52(56)54-19-11-13-41(2)59(54)66/h6-13,16-37,48,57,60,63H,3-5,14-15,38-39H2,1-2H3. The Hall–Kier alpha value is -7.38. The molecule has 0 radical (unpaired) electrons. The third kappa shape index (κ3) is 7.18. The van der Waals surface area contributed by atoms with Crippen molar-refractivity contribution in [1.29, 1.82) is 0 Å². The number of carbonyl (C=O) groups is 2. The SMILES string of the molecule is Cc1cccc2c3ccccc3n(-c3ccc(C(=O)c4ccc(C5NCCN(C6CCCCC6)C5c5ccc(C(=O)c6ccc(-n7c8ccccc8c8cccc(C)c87)cc6)cc5)cc4)cc3)c12. The van der Waals surface area contributed by atoms with Crippen molar-refractivity contribution in [1.82, 2.24) is 19.4 Å². The highest BCUT2D eigenvalue weighted by Gasteiger charge is 2.38. The molecule has 2 unspecified atom stereocenters. The number of para-hydroxylation sites is 4. The molecular formula is C62H54N4O2. The van der Waals surface area contributed by atoms with E-state index in [0.717, 1.165) is 41.1 Å². The number of nitrogens with zero attached hydrogens (tertiary/aromatic N) is 3. The molecule has 12 rings (SSSR count). The maximum atomic E-state index is 14.1. The molecule has 1 saturated carbocycles. The van der Waals surface area contributed by atoms with Crippen molar-refractivity contribution in [3.63, 3.8) is 0 Å². The summed E-state index contributed by atoms with van der Waals surface area (Å²) < 4.78 is 4.62. The monoisotopic (exact) mass is 886 g/mol. The fourth-order valence-corrected chi connectivity index (χ4v) is 11.7. The van der Waals surface area contributed by atoms with Gasteiger partial charge in [0.15, 0.2) is 11.6 Å². The lowest BCUT2D eigenvalue weighted by Crippen LogP contribution is -2.52. The first-order valence-corrected chi connectivity index (χ1v) is 24.4. The van der Waals surface area contributed by atoms with Gasteiger partial charge in [-0.05, 0) is 110 Å². The Balaban J connectivity index is 0.806. The normalized spacial score (nSPS) is 17.1. The summed E-state index contributed by atoms with van der Waals surface area (Å²) in [7, 11) is 0. The molecule has 2 atom stereocenters. The van der Waals surface area contributed by atoms with E-state index in [0.29, 0.717) is 28.3 Å². The van der Waals surface area contributed by atoms with Crippen LogP contribution in [0.5, 0.6) is 0 Å². The van der Waals surface area contributed by atoms with Crippen LogP contribution in [0.4, 0.5) is 0 Å². The number of aryl methyl sites for hydroxylation is 2. The van der Waals surface area contributed by atoms with Gasteiger partial charge in [0, 0.05) is 74.3 Å². The van der Waals surface area contributed by atoms with Crippen LogP contribution in [0.2, 0.25) is 0 Å². The van der Waals surface area contributed by atoms with Crippen molar-refractivity contribution >= 4 is 55.2 Å². The number of piperazine rings is 1. The number of benzene rings is 8. The lowest BCUT2D eigenvalue weighted by Gasteiger charge is -2.47. The molecule has 3 heterocycles. The molecule has 1 saturated heterocycles. The summed E-state index contributed by atoms with van der Waals surface area (Å²) in [5, 5.41) is 8.80. The van der Waals surface area contributed by atoms with E-state index in [9.17, 15) is 9.59 Å². The van der Waals surface area contributed by atoms with Crippen molar-refractivity contribution < 1.29 is 9.59 Å². The average molecular weight is 887 g/mol. The highest BCUT2D eigenvalue weighted by Crippen LogP contribution is 2.41. The van der Waals surface area contributed by atoms with Crippen LogP contribution < -0.4 is 5.32 Å². The Labute approximate surface area is 397 Å². The van der Waals surface area contributed by atoms with E-state index < -0.39 is 0 Å². The molecule has 1 N–H and O–H groups in total. The van der Waals surface area contributed by atoms with Gasteiger partial charge in [0.1, 0.15) is 0 Å². The Kier molecular flexibility index (Phi) is 10.7. The molecule has 6 heteroatoms. The number of rotatable bonds is 9. The van der Waals surface area contributed by atoms with Crippen molar-refractivity contribution in [3.05, 3.63) is 226 Å². The largest absolute Gasteiger partial charge is 0.309 e. The summed E-state index contributed by atoms with van der Waals surface area (Å²) in [5.74, 6) is 0.0239. The summed E-state index contributed by atoms with van der Waals surface area (Å²) in [6.45, 7) is 6.17. The van der Waals surface area contributed by atoms with Gasteiger partial charge in [-0.2, -0.15) is 0 Å². The van der Waals surface area contributed by atoms with Gasteiger partial charge in [0.05, 0.1) is 34.2 Å². The smallest absolute Gasteiger partial charge is 0.193 e. The summed E-state index contributed by atoms with van der Waals surface area (Å²) >= 11 is 0. The van der Waals surface area contributed by atoms with Gasteiger partial charge >= 0.3 is 0 Å². The van der Waals surface area contributed by atoms with E-state index in [2.05, 4.69) is 167 Å².